The molecule has 0 fully saturated rings. The van der Waals surface area contributed by atoms with E-state index in [2.05, 4.69) is 19.1 Å². The lowest BCUT2D eigenvalue weighted by Crippen LogP contribution is -2.22. The third-order valence-electron chi connectivity index (χ3n) is 4.31. The number of hydrogen-bond donors (Lipinski definition) is 4. The van der Waals surface area contributed by atoms with Crippen molar-refractivity contribution >= 4 is 11.9 Å². The minimum atomic E-state index is -1.08. The standard InChI is InChI=1S/C18H34O3.C5H10O3/c1-2-3-4-11-14-17(19)15-12-9-7-5-6-8-10-13-16-18(20)21;1-5(2,8)3-4(6)7/h9,12,17,19H,2-8,10-11,13-16H2,1H3,(H,20,21);8H,3H2,1-2H3,(H,6,7)/b12-9-;/t17-;/m1./s1. The molecule has 6 nitrogen and oxygen atoms in total. The van der Waals surface area contributed by atoms with Gasteiger partial charge >= 0.3 is 11.9 Å². The van der Waals surface area contributed by atoms with Gasteiger partial charge in [-0.25, -0.2) is 0 Å². The Morgan fingerprint density at radius 2 is 1.45 bits per heavy atom. The van der Waals surface area contributed by atoms with Gasteiger partial charge in [0, 0.05) is 6.42 Å². The van der Waals surface area contributed by atoms with Crippen LogP contribution in [0.3, 0.4) is 0 Å². The van der Waals surface area contributed by atoms with Crippen LogP contribution in [-0.4, -0.2) is 44.1 Å². The summed E-state index contributed by atoms with van der Waals surface area (Å²) in [5.41, 5.74) is -1.08. The van der Waals surface area contributed by atoms with Crippen LogP contribution in [0.15, 0.2) is 12.2 Å². The fourth-order valence-electron chi connectivity index (χ4n) is 2.73. The summed E-state index contributed by atoms with van der Waals surface area (Å²) >= 11 is 0. The number of unbranched alkanes of at least 4 members (excludes halogenated alkanes) is 8. The largest absolute Gasteiger partial charge is 0.481 e. The molecule has 0 amide bonds. The number of aliphatic hydroxyl groups is 2. The normalized spacial score (nSPS) is 12.4. The molecule has 4 N–H and O–H groups in total. The highest BCUT2D eigenvalue weighted by molar-refractivity contribution is 5.67. The Bertz CT molecular complexity index is 426. The molecule has 0 spiro atoms. The minimum absolute atomic E-state index is 0.172. The van der Waals surface area contributed by atoms with Gasteiger partial charge < -0.3 is 20.4 Å². The van der Waals surface area contributed by atoms with E-state index in [0.29, 0.717) is 6.42 Å². The highest BCUT2D eigenvalue weighted by Crippen LogP contribution is 2.10. The molecule has 29 heavy (non-hydrogen) atoms. The maximum absolute atomic E-state index is 10.3. The van der Waals surface area contributed by atoms with E-state index in [1.807, 2.05) is 0 Å². The van der Waals surface area contributed by atoms with Crippen molar-refractivity contribution in [2.75, 3.05) is 0 Å². The van der Waals surface area contributed by atoms with E-state index in [0.717, 1.165) is 51.4 Å². The molecule has 0 aromatic heterocycles. The molecule has 0 aliphatic rings. The minimum Gasteiger partial charge on any atom is -0.481 e. The smallest absolute Gasteiger partial charge is 0.306 e. The number of carboxylic acids is 2. The van der Waals surface area contributed by atoms with Gasteiger partial charge in [-0.3, -0.25) is 9.59 Å². The molecule has 0 aromatic rings. The summed E-state index contributed by atoms with van der Waals surface area (Å²) < 4.78 is 0. The first-order valence-corrected chi connectivity index (χ1v) is 11.1. The van der Waals surface area contributed by atoms with Crippen LogP contribution in [-0.2, 0) is 9.59 Å². The maximum atomic E-state index is 10.3. The number of hydrogen-bond acceptors (Lipinski definition) is 4. The van der Waals surface area contributed by atoms with Gasteiger partial charge in [-0.05, 0) is 46.0 Å². The molecule has 0 unspecified atom stereocenters. The van der Waals surface area contributed by atoms with Crippen molar-refractivity contribution in [2.45, 2.75) is 122 Å². The van der Waals surface area contributed by atoms with Crippen LogP contribution in [0.25, 0.3) is 0 Å². The van der Waals surface area contributed by atoms with Crippen molar-refractivity contribution in [1.82, 2.24) is 0 Å². The number of aliphatic hydroxyl groups excluding tert-OH is 1. The summed E-state index contributed by atoms with van der Waals surface area (Å²) in [6, 6.07) is 0. The highest BCUT2D eigenvalue weighted by atomic mass is 16.4. The van der Waals surface area contributed by atoms with Crippen LogP contribution >= 0.6 is 0 Å². The van der Waals surface area contributed by atoms with Gasteiger partial charge in [-0.15, -0.1) is 0 Å². The third-order valence-corrected chi connectivity index (χ3v) is 4.31. The zero-order chi connectivity index (χ0) is 22.5. The zero-order valence-corrected chi connectivity index (χ0v) is 18.7. The first kappa shape index (κ1) is 29.8. The van der Waals surface area contributed by atoms with Gasteiger partial charge in [0.1, 0.15) is 0 Å². The second kappa shape index (κ2) is 19.9. The number of carbonyl (C=O) groups is 2. The predicted molar refractivity (Wildman–Crippen MR) is 117 cm³/mol. The van der Waals surface area contributed by atoms with Crippen molar-refractivity contribution < 1.29 is 30.0 Å². The zero-order valence-electron chi connectivity index (χ0n) is 18.7. The number of aliphatic carboxylic acids is 2. The van der Waals surface area contributed by atoms with E-state index in [9.17, 15) is 14.7 Å². The Morgan fingerprint density at radius 1 is 0.862 bits per heavy atom. The fraction of sp³-hybridized carbons (Fsp3) is 0.826. The molecule has 0 heterocycles. The lowest BCUT2D eigenvalue weighted by Gasteiger charge is -2.12. The average molecular weight is 417 g/mol. The highest BCUT2D eigenvalue weighted by Gasteiger charge is 2.16. The number of allylic oxidation sites excluding steroid dienone is 1. The van der Waals surface area contributed by atoms with Gasteiger partial charge in [0.2, 0.25) is 0 Å². The molecule has 6 heteroatoms. The van der Waals surface area contributed by atoms with E-state index < -0.39 is 17.5 Å². The molecule has 0 bridgehead atoms. The molecular weight excluding hydrogens is 372 g/mol. The molecule has 0 radical (unpaired) electrons. The third kappa shape index (κ3) is 31.5. The second-order valence-corrected chi connectivity index (χ2v) is 8.29. The first-order chi connectivity index (χ1) is 13.6. The van der Waals surface area contributed by atoms with Crippen molar-refractivity contribution in [3.63, 3.8) is 0 Å². The molecule has 0 rings (SSSR count). The summed E-state index contributed by atoms with van der Waals surface area (Å²) in [5.74, 6) is -1.66. The number of carboxylic acid groups (broad SMARTS) is 2. The van der Waals surface area contributed by atoms with E-state index >= 15 is 0 Å². The van der Waals surface area contributed by atoms with Gasteiger partial charge in [-0.1, -0.05) is 64.0 Å². The number of rotatable bonds is 17. The van der Waals surface area contributed by atoms with Crippen LogP contribution in [0.5, 0.6) is 0 Å². The lowest BCUT2D eigenvalue weighted by molar-refractivity contribution is -0.141. The molecule has 1 atom stereocenters. The molecule has 0 saturated heterocycles. The van der Waals surface area contributed by atoms with Gasteiger partial charge in [0.15, 0.2) is 0 Å². The molecule has 0 aliphatic carbocycles. The van der Waals surface area contributed by atoms with E-state index in [1.54, 1.807) is 0 Å². The first-order valence-electron chi connectivity index (χ1n) is 11.1. The summed E-state index contributed by atoms with van der Waals surface area (Å²) in [5, 5.41) is 35.2. The van der Waals surface area contributed by atoms with Crippen molar-refractivity contribution in [2.24, 2.45) is 0 Å². The van der Waals surface area contributed by atoms with E-state index in [4.69, 9.17) is 15.3 Å². The Balaban J connectivity index is 0. The molecule has 0 aliphatic heterocycles. The van der Waals surface area contributed by atoms with E-state index in [-0.39, 0.29) is 12.5 Å². The Kier molecular flexibility index (Phi) is 20.4. The summed E-state index contributed by atoms with van der Waals surface area (Å²) in [6.07, 6.45) is 17.2. The molecule has 0 saturated carbocycles. The van der Waals surface area contributed by atoms with Crippen molar-refractivity contribution in [3.05, 3.63) is 12.2 Å². The fourth-order valence-corrected chi connectivity index (χ4v) is 2.73. The summed E-state index contributed by atoms with van der Waals surface area (Å²) in [7, 11) is 0. The Labute approximate surface area is 177 Å². The predicted octanol–water partition coefficient (Wildman–Crippen LogP) is 5.31. The quantitative estimate of drug-likeness (QED) is 0.189. The van der Waals surface area contributed by atoms with Crippen molar-refractivity contribution in [3.8, 4) is 0 Å². The van der Waals surface area contributed by atoms with Crippen LogP contribution in [0.4, 0.5) is 0 Å². The lowest BCUT2D eigenvalue weighted by atomic mass is 10.1. The maximum Gasteiger partial charge on any atom is 0.306 e. The van der Waals surface area contributed by atoms with Crippen LogP contribution in [0.2, 0.25) is 0 Å². The molecular formula is C23H44O6. The summed E-state index contributed by atoms with van der Waals surface area (Å²) in [4.78, 5) is 20.2. The van der Waals surface area contributed by atoms with Crippen LogP contribution in [0.1, 0.15) is 111 Å². The van der Waals surface area contributed by atoms with E-state index in [1.165, 1.54) is 39.5 Å². The average Bonchev–Trinajstić information content (AvgIpc) is 2.58. The van der Waals surface area contributed by atoms with Gasteiger partial charge in [0.25, 0.3) is 0 Å². The van der Waals surface area contributed by atoms with Crippen molar-refractivity contribution in [1.29, 1.82) is 0 Å². The topological polar surface area (TPSA) is 115 Å². The SMILES string of the molecule is CC(C)(O)CC(=O)O.CCCCCC[C@@H](O)C/C=C\CCCCCCCC(=O)O. The molecule has 172 valence electrons. The van der Waals surface area contributed by atoms with Gasteiger partial charge in [-0.2, -0.15) is 0 Å². The monoisotopic (exact) mass is 416 g/mol. The van der Waals surface area contributed by atoms with Gasteiger partial charge in [0.05, 0.1) is 18.1 Å². The van der Waals surface area contributed by atoms with Crippen LogP contribution in [0, 0.1) is 0 Å². The Morgan fingerprint density at radius 3 is 1.97 bits per heavy atom. The Hall–Kier alpha value is -1.40. The molecule has 0 aromatic carbocycles. The van der Waals surface area contributed by atoms with Crippen LogP contribution < -0.4 is 0 Å². The summed E-state index contributed by atoms with van der Waals surface area (Å²) in [6.45, 7) is 5.12. The second-order valence-electron chi connectivity index (χ2n) is 8.29.